The molecule has 0 bridgehead atoms. The molecule has 8 heteroatoms. The van der Waals surface area contributed by atoms with E-state index in [0.29, 0.717) is 6.42 Å². The molecule has 3 N–H and O–H groups in total. The Labute approximate surface area is 120 Å². The number of amides is 2. The molecule has 0 aromatic rings. The van der Waals surface area contributed by atoms with Crippen molar-refractivity contribution in [2.24, 2.45) is 5.92 Å². The minimum Gasteiger partial charge on any atom is -0.480 e. The van der Waals surface area contributed by atoms with Gasteiger partial charge in [0.05, 0.1) is 4.75 Å². The Balaban J connectivity index is 4.53. The van der Waals surface area contributed by atoms with Crippen molar-refractivity contribution >= 4 is 21.8 Å². The Bertz CT molecular complexity index is 456. The highest BCUT2D eigenvalue weighted by atomic mass is 32.2. The second kappa shape index (κ2) is 6.92. The lowest BCUT2D eigenvalue weighted by molar-refractivity contribution is -0.139. The summed E-state index contributed by atoms with van der Waals surface area (Å²) in [4.78, 5) is 22.6. The van der Waals surface area contributed by atoms with Crippen molar-refractivity contribution in [1.82, 2.24) is 10.6 Å². The van der Waals surface area contributed by atoms with Crippen LogP contribution in [0.4, 0.5) is 4.79 Å². The third-order valence-corrected chi connectivity index (χ3v) is 5.14. The molecule has 0 aliphatic rings. The third kappa shape index (κ3) is 6.23. The zero-order chi connectivity index (χ0) is 16.1. The molecular weight excluding hydrogens is 284 g/mol. The molecule has 0 fully saturated rings. The van der Waals surface area contributed by atoms with Crippen molar-refractivity contribution in [3.8, 4) is 0 Å². The van der Waals surface area contributed by atoms with Crippen LogP contribution in [0.1, 0.15) is 34.1 Å². The van der Waals surface area contributed by atoms with E-state index in [4.69, 9.17) is 5.11 Å². The van der Waals surface area contributed by atoms with Crippen LogP contribution in [0, 0.1) is 5.92 Å². The first-order valence-corrected chi connectivity index (χ1v) is 8.22. The van der Waals surface area contributed by atoms with E-state index in [1.54, 1.807) is 0 Å². The fourth-order valence-corrected chi connectivity index (χ4v) is 1.66. The number of carbonyl (C=O) groups is 2. The van der Waals surface area contributed by atoms with E-state index >= 15 is 0 Å². The molecule has 0 aliphatic heterocycles. The number of carboxylic acid groups (broad SMARTS) is 1. The molecule has 0 saturated carbocycles. The van der Waals surface area contributed by atoms with Crippen molar-refractivity contribution in [2.45, 2.75) is 44.9 Å². The number of sulfone groups is 1. The van der Waals surface area contributed by atoms with Crippen molar-refractivity contribution in [3.63, 3.8) is 0 Å². The van der Waals surface area contributed by atoms with E-state index in [1.807, 2.05) is 13.8 Å². The van der Waals surface area contributed by atoms with Crippen molar-refractivity contribution < 1.29 is 23.1 Å². The van der Waals surface area contributed by atoms with Gasteiger partial charge in [0.2, 0.25) is 0 Å². The molecule has 1 atom stereocenters. The molecule has 0 heterocycles. The Hall–Kier alpha value is -1.31. The molecule has 1 unspecified atom stereocenters. The van der Waals surface area contributed by atoms with E-state index in [9.17, 15) is 18.0 Å². The van der Waals surface area contributed by atoms with Crippen molar-refractivity contribution in [2.75, 3.05) is 12.8 Å². The highest BCUT2D eigenvalue weighted by Crippen LogP contribution is 2.13. The fraction of sp³-hybridized carbons (Fsp3) is 0.833. The minimum atomic E-state index is -3.32. The topological polar surface area (TPSA) is 113 Å². The summed E-state index contributed by atoms with van der Waals surface area (Å²) < 4.78 is 21.8. The van der Waals surface area contributed by atoms with E-state index in [-0.39, 0.29) is 12.5 Å². The van der Waals surface area contributed by atoms with E-state index in [1.165, 1.54) is 13.8 Å². The van der Waals surface area contributed by atoms with Crippen LogP contribution in [0.25, 0.3) is 0 Å². The maximum absolute atomic E-state index is 11.6. The molecule has 2 amide bonds. The van der Waals surface area contributed by atoms with Gasteiger partial charge in [0.15, 0.2) is 9.84 Å². The molecule has 0 aliphatic carbocycles. The predicted molar refractivity (Wildman–Crippen MR) is 76.3 cm³/mol. The number of carbonyl (C=O) groups excluding carboxylic acids is 1. The second-order valence-electron chi connectivity index (χ2n) is 5.88. The van der Waals surface area contributed by atoms with Crippen LogP contribution in [0.15, 0.2) is 0 Å². The van der Waals surface area contributed by atoms with Crippen LogP contribution in [0.5, 0.6) is 0 Å². The molecule has 0 aromatic carbocycles. The van der Waals surface area contributed by atoms with Crippen LogP contribution in [0.3, 0.4) is 0 Å². The Morgan fingerprint density at radius 3 is 2.10 bits per heavy atom. The summed E-state index contributed by atoms with van der Waals surface area (Å²) >= 11 is 0. The molecule has 0 saturated heterocycles. The Morgan fingerprint density at radius 1 is 1.25 bits per heavy atom. The summed E-state index contributed by atoms with van der Waals surface area (Å²) in [7, 11) is -3.32. The predicted octanol–water partition coefficient (Wildman–Crippen LogP) is 0.608. The average molecular weight is 308 g/mol. The van der Waals surface area contributed by atoms with Gasteiger partial charge in [0.25, 0.3) is 0 Å². The number of hydrogen-bond donors (Lipinski definition) is 3. The summed E-state index contributed by atoms with van der Waals surface area (Å²) in [6, 6.07) is -1.67. The number of urea groups is 1. The zero-order valence-corrected chi connectivity index (χ0v) is 13.4. The highest BCUT2D eigenvalue weighted by Gasteiger charge is 2.31. The average Bonchev–Trinajstić information content (AvgIpc) is 2.23. The van der Waals surface area contributed by atoms with Crippen molar-refractivity contribution in [3.05, 3.63) is 0 Å². The number of rotatable bonds is 7. The quantitative estimate of drug-likeness (QED) is 0.638. The minimum absolute atomic E-state index is 0.0916. The zero-order valence-electron chi connectivity index (χ0n) is 12.6. The lowest BCUT2D eigenvalue weighted by Crippen LogP contribution is -2.51. The summed E-state index contributed by atoms with van der Waals surface area (Å²) in [6.45, 7) is 6.59. The van der Waals surface area contributed by atoms with Crippen LogP contribution < -0.4 is 10.6 Å². The number of aliphatic carboxylic acids is 1. The summed E-state index contributed by atoms with van der Waals surface area (Å²) in [5.74, 6) is -1.000. The van der Waals surface area contributed by atoms with Gasteiger partial charge in [-0.1, -0.05) is 13.8 Å². The van der Waals surface area contributed by atoms with Gasteiger partial charge in [0.1, 0.15) is 6.04 Å². The van der Waals surface area contributed by atoms with Gasteiger partial charge in [-0.25, -0.2) is 18.0 Å². The van der Waals surface area contributed by atoms with E-state index < -0.39 is 32.6 Å². The maximum atomic E-state index is 11.6. The van der Waals surface area contributed by atoms with E-state index in [2.05, 4.69) is 10.6 Å². The number of carboxylic acids is 1. The monoisotopic (exact) mass is 308 g/mol. The summed E-state index contributed by atoms with van der Waals surface area (Å²) in [6.07, 6.45) is 1.39. The first kappa shape index (κ1) is 18.7. The largest absolute Gasteiger partial charge is 0.480 e. The van der Waals surface area contributed by atoms with Gasteiger partial charge in [-0.2, -0.15) is 0 Å². The van der Waals surface area contributed by atoms with Gasteiger partial charge in [-0.05, 0) is 26.2 Å². The molecule has 0 rings (SSSR count). The maximum Gasteiger partial charge on any atom is 0.326 e. The molecule has 0 aromatic heterocycles. The summed E-state index contributed by atoms with van der Waals surface area (Å²) in [5.41, 5.74) is 0. The molecule has 118 valence electrons. The number of hydrogen-bond acceptors (Lipinski definition) is 4. The van der Waals surface area contributed by atoms with Crippen LogP contribution in [-0.4, -0.2) is 49.1 Å². The Morgan fingerprint density at radius 2 is 1.75 bits per heavy atom. The second-order valence-corrected chi connectivity index (χ2v) is 8.53. The molecule has 7 nitrogen and oxygen atoms in total. The number of nitrogens with one attached hydrogen (secondary N) is 2. The standard InChI is InChI=1S/C12H24N2O5S/c1-8(2)6-9(10(15)16)14-11(17)13-7-12(3,4)20(5,18)19/h8-9H,6-7H2,1-5H3,(H,15,16)(H2,13,14,17). The van der Waals surface area contributed by atoms with Gasteiger partial charge in [-0.3, -0.25) is 0 Å². The molecule has 0 radical (unpaired) electrons. The molecule has 20 heavy (non-hydrogen) atoms. The normalized spacial score (nSPS) is 13.9. The van der Waals surface area contributed by atoms with Crippen LogP contribution >= 0.6 is 0 Å². The lowest BCUT2D eigenvalue weighted by Gasteiger charge is -2.24. The first-order valence-electron chi connectivity index (χ1n) is 6.33. The van der Waals surface area contributed by atoms with Crippen LogP contribution in [0.2, 0.25) is 0 Å². The smallest absolute Gasteiger partial charge is 0.326 e. The summed E-state index contributed by atoms with van der Waals surface area (Å²) in [5, 5.41) is 13.7. The van der Waals surface area contributed by atoms with E-state index in [0.717, 1.165) is 6.26 Å². The molecular formula is C12H24N2O5S. The SMILES string of the molecule is CC(C)CC(NC(=O)NCC(C)(C)S(C)(=O)=O)C(=O)O. The van der Waals surface area contributed by atoms with Gasteiger partial charge < -0.3 is 15.7 Å². The fourth-order valence-electron chi connectivity index (χ4n) is 1.33. The first-order chi connectivity index (χ1) is 8.86. The molecule has 0 spiro atoms. The van der Waals surface area contributed by atoms with Crippen molar-refractivity contribution in [1.29, 1.82) is 0 Å². The van der Waals surface area contributed by atoms with Gasteiger partial charge >= 0.3 is 12.0 Å². The third-order valence-electron chi connectivity index (χ3n) is 2.99. The highest BCUT2D eigenvalue weighted by molar-refractivity contribution is 7.92. The lowest BCUT2D eigenvalue weighted by atomic mass is 10.0. The van der Waals surface area contributed by atoms with Gasteiger partial charge in [-0.15, -0.1) is 0 Å². The van der Waals surface area contributed by atoms with Gasteiger partial charge in [0, 0.05) is 12.8 Å². The Kier molecular flexibility index (Phi) is 6.46. The van der Waals surface area contributed by atoms with Crippen LogP contribution in [-0.2, 0) is 14.6 Å².